The molecule has 4 rings (SSSR count). The van der Waals surface area contributed by atoms with Crippen molar-refractivity contribution in [3.05, 3.63) is 29.8 Å². The molecule has 0 aromatic heterocycles. The number of carbonyl (C=O) groups is 2. The van der Waals surface area contributed by atoms with Crippen LogP contribution in [0.25, 0.3) is 0 Å². The van der Waals surface area contributed by atoms with Crippen LogP contribution < -0.4 is 15.4 Å². The second kappa shape index (κ2) is 10.6. The number of nitrogens with one attached hydrogen (secondary N) is 2. The van der Waals surface area contributed by atoms with E-state index in [1.54, 1.807) is 14.0 Å². The first kappa shape index (κ1) is 26.8. The first-order valence-corrected chi connectivity index (χ1v) is 13.2. The number of likely N-dealkylation sites (N-methyl/N-ethyl adjacent to an activating group) is 1. The van der Waals surface area contributed by atoms with Crippen LogP contribution in [0, 0.1) is 17.0 Å². The number of ether oxygens (including phenoxy) is 1. The largest absolute Gasteiger partial charge is 0.487 e. The van der Waals surface area contributed by atoms with Crippen LogP contribution in [0.15, 0.2) is 18.2 Å². The molecule has 9 heteroatoms. The number of hydrogen-bond acceptors (Lipinski definition) is 5. The molecule has 3 aliphatic rings. The van der Waals surface area contributed by atoms with Gasteiger partial charge in [0.25, 0.3) is 0 Å². The molecule has 2 N–H and O–H groups in total. The molecule has 1 saturated carbocycles. The number of hydrogen-bond donors (Lipinski definition) is 2. The predicted octanol–water partition coefficient (Wildman–Crippen LogP) is 3.08. The molecule has 2 saturated heterocycles. The Morgan fingerprint density at radius 3 is 2.42 bits per heavy atom. The smallest absolute Gasteiger partial charge is 0.246 e. The minimum absolute atomic E-state index is 0.126. The van der Waals surface area contributed by atoms with Gasteiger partial charge in [0, 0.05) is 31.2 Å². The van der Waals surface area contributed by atoms with Gasteiger partial charge in [0.15, 0.2) is 11.6 Å². The predicted molar refractivity (Wildman–Crippen MR) is 134 cm³/mol. The van der Waals surface area contributed by atoms with E-state index in [1.807, 2.05) is 25.7 Å². The summed E-state index contributed by atoms with van der Waals surface area (Å²) >= 11 is 0. The molecule has 200 valence electrons. The molecule has 7 nitrogen and oxygen atoms in total. The third kappa shape index (κ3) is 5.37. The van der Waals surface area contributed by atoms with Crippen molar-refractivity contribution < 1.29 is 23.1 Å². The highest BCUT2D eigenvalue weighted by Crippen LogP contribution is 2.40. The van der Waals surface area contributed by atoms with E-state index >= 15 is 0 Å². The number of fused-ring (bicyclic) bond motifs is 1. The lowest BCUT2D eigenvalue weighted by Gasteiger charge is -2.37. The highest BCUT2D eigenvalue weighted by molar-refractivity contribution is 5.90. The van der Waals surface area contributed by atoms with E-state index in [0.717, 1.165) is 31.4 Å². The van der Waals surface area contributed by atoms with Crippen LogP contribution in [0.4, 0.5) is 8.78 Å². The number of amides is 2. The Bertz CT molecular complexity index is 963. The molecule has 0 bridgehead atoms. The molecule has 2 aliphatic heterocycles. The summed E-state index contributed by atoms with van der Waals surface area (Å²) in [5.41, 5.74) is -0.502. The topological polar surface area (TPSA) is 73.9 Å². The van der Waals surface area contributed by atoms with Crippen molar-refractivity contribution in [1.29, 1.82) is 0 Å². The molecule has 5 unspecified atom stereocenters. The van der Waals surface area contributed by atoms with Crippen LogP contribution in [-0.4, -0.2) is 78.1 Å². The Kier molecular flexibility index (Phi) is 7.90. The molecule has 3 fully saturated rings. The zero-order chi connectivity index (χ0) is 26.2. The van der Waals surface area contributed by atoms with Crippen molar-refractivity contribution in [3.8, 4) is 5.75 Å². The molecular formula is C27H40F2N4O3. The Labute approximate surface area is 212 Å². The quantitative estimate of drug-likeness (QED) is 0.595. The highest BCUT2D eigenvalue weighted by atomic mass is 19.2. The first-order valence-electron chi connectivity index (χ1n) is 13.2. The lowest BCUT2D eigenvalue weighted by molar-refractivity contribution is -0.141. The minimum Gasteiger partial charge on any atom is -0.487 e. The zero-order valence-corrected chi connectivity index (χ0v) is 22.0. The summed E-state index contributed by atoms with van der Waals surface area (Å²) in [5.74, 6) is -1.97. The number of nitrogens with zero attached hydrogens (tertiary/aromatic N) is 2. The second-order valence-electron chi connectivity index (χ2n) is 11.6. The maximum Gasteiger partial charge on any atom is 0.246 e. The molecule has 1 aliphatic carbocycles. The Morgan fingerprint density at radius 2 is 1.81 bits per heavy atom. The Morgan fingerprint density at radius 1 is 1.11 bits per heavy atom. The molecule has 0 radical (unpaired) electrons. The van der Waals surface area contributed by atoms with Crippen LogP contribution in [0.3, 0.4) is 0 Å². The fraction of sp³-hybridized carbons (Fsp3) is 0.704. The van der Waals surface area contributed by atoms with Gasteiger partial charge in [-0.15, -0.1) is 0 Å². The molecule has 1 aromatic carbocycles. The number of likely N-dealkylation sites (tertiary alicyclic amines) is 2. The van der Waals surface area contributed by atoms with E-state index in [2.05, 4.69) is 15.5 Å². The third-order valence-corrected chi connectivity index (χ3v) is 8.10. The van der Waals surface area contributed by atoms with Crippen LogP contribution >= 0.6 is 0 Å². The molecular weight excluding hydrogens is 466 g/mol. The van der Waals surface area contributed by atoms with Gasteiger partial charge in [-0.3, -0.25) is 14.5 Å². The fourth-order valence-electron chi connectivity index (χ4n) is 6.02. The van der Waals surface area contributed by atoms with E-state index in [1.165, 1.54) is 18.9 Å². The van der Waals surface area contributed by atoms with E-state index in [-0.39, 0.29) is 35.8 Å². The number of rotatable bonds is 7. The lowest BCUT2D eigenvalue weighted by atomic mass is 9.85. The highest BCUT2D eigenvalue weighted by Gasteiger charge is 2.54. The normalized spacial score (nSPS) is 26.6. The average molecular weight is 507 g/mol. The van der Waals surface area contributed by atoms with Gasteiger partial charge < -0.3 is 20.3 Å². The summed E-state index contributed by atoms with van der Waals surface area (Å²) in [7, 11) is 1.71. The third-order valence-electron chi connectivity index (χ3n) is 8.10. The zero-order valence-electron chi connectivity index (χ0n) is 22.0. The summed E-state index contributed by atoms with van der Waals surface area (Å²) in [6.45, 7) is 8.80. The molecule has 1 aromatic rings. The van der Waals surface area contributed by atoms with Crippen molar-refractivity contribution >= 4 is 11.8 Å². The SMILES string of the molecule is CNC(C)C(=O)NC(C(=O)N1CCC2C1C(Oc1ccc(F)c(F)c1)CN2C1CCCC1)C(C)(C)C. The molecule has 36 heavy (non-hydrogen) atoms. The summed E-state index contributed by atoms with van der Waals surface area (Å²) < 4.78 is 33.7. The van der Waals surface area contributed by atoms with Gasteiger partial charge in [-0.1, -0.05) is 33.6 Å². The molecule has 2 amide bonds. The summed E-state index contributed by atoms with van der Waals surface area (Å²) in [6.07, 6.45) is 5.08. The van der Waals surface area contributed by atoms with E-state index in [9.17, 15) is 18.4 Å². The van der Waals surface area contributed by atoms with Gasteiger partial charge in [-0.2, -0.15) is 0 Å². The number of halogens is 2. The van der Waals surface area contributed by atoms with E-state index in [4.69, 9.17) is 4.74 Å². The Balaban J connectivity index is 1.61. The second-order valence-corrected chi connectivity index (χ2v) is 11.6. The Hall–Kier alpha value is -2.26. The van der Waals surface area contributed by atoms with Gasteiger partial charge in [0.1, 0.15) is 17.9 Å². The van der Waals surface area contributed by atoms with Crippen LogP contribution in [0.5, 0.6) is 5.75 Å². The van der Waals surface area contributed by atoms with Crippen molar-refractivity contribution in [2.45, 2.75) is 96.1 Å². The molecule has 5 atom stereocenters. The van der Waals surface area contributed by atoms with Gasteiger partial charge in [-0.05, 0) is 50.8 Å². The first-order chi connectivity index (χ1) is 17.0. The van der Waals surface area contributed by atoms with Gasteiger partial charge >= 0.3 is 0 Å². The van der Waals surface area contributed by atoms with Crippen molar-refractivity contribution in [1.82, 2.24) is 20.4 Å². The maximum atomic E-state index is 14.0. The van der Waals surface area contributed by atoms with E-state index < -0.39 is 29.1 Å². The number of carbonyl (C=O) groups excluding carboxylic acids is 2. The lowest BCUT2D eigenvalue weighted by Crippen LogP contribution is -2.59. The van der Waals surface area contributed by atoms with Gasteiger partial charge in [0.2, 0.25) is 11.8 Å². The summed E-state index contributed by atoms with van der Waals surface area (Å²) in [6, 6.07) is 2.80. The summed E-state index contributed by atoms with van der Waals surface area (Å²) in [5, 5.41) is 5.90. The maximum absolute atomic E-state index is 14.0. The van der Waals surface area contributed by atoms with E-state index in [0.29, 0.717) is 19.1 Å². The standard InChI is InChI=1S/C27H40F2N4O3/c1-16(30-5)25(34)31-24(27(2,3)4)26(35)32-13-12-21-23(32)22(15-33(21)17-8-6-7-9-17)36-18-10-11-19(28)20(29)14-18/h10-11,14,16-17,21-24,30H,6-9,12-13,15H2,1-5H3,(H,31,34). The molecule has 0 spiro atoms. The summed E-state index contributed by atoms with van der Waals surface area (Å²) in [4.78, 5) is 31.1. The fourth-order valence-corrected chi connectivity index (χ4v) is 6.02. The monoisotopic (exact) mass is 506 g/mol. The van der Waals surface area contributed by atoms with Crippen molar-refractivity contribution in [2.75, 3.05) is 20.1 Å². The van der Waals surface area contributed by atoms with Gasteiger partial charge in [0.05, 0.1) is 12.1 Å². The van der Waals surface area contributed by atoms with Crippen molar-refractivity contribution in [3.63, 3.8) is 0 Å². The molecule has 2 heterocycles. The average Bonchev–Trinajstić information content (AvgIpc) is 3.56. The van der Waals surface area contributed by atoms with Crippen LogP contribution in [0.2, 0.25) is 0 Å². The van der Waals surface area contributed by atoms with Crippen LogP contribution in [-0.2, 0) is 9.59 Å². The van der Waals surface area contributed by atoms with Crippen molar-refractivity contribution in [2.24, 2.45) is 5.41 Å². The van der Waals surface area contributed by atoms with Crippen LogP contribution in [0.1, 0.15) is 59.8 Å². The number of benzene rings is 1. The van der Waals surface area contributed by atoms with Gasteiger partial charge in [-0.25, -0.2) is 8.78 Å². The minimum atomic E-state index is -0.955.